The van der Waals surface area contributed by atoms with E-state index in [-0.39, 0.29) is 5.70 Å². The minimum absolute atomic E-state index is 0.239. The highest BCUT2D eigenvalue weighted by Crippen LogP contribution is 2.26. The van der Waals surface area contributed by atoms with Crippen LogP contribution in [0.5, 0.6) is 0 Å². The van der Waals surface area contributed by atoms with E-state index in [1.807, 2.05) is 67.5 Å². The first-order valence-electron chi connectivity index (χ1n) is 7.09. The van der Waals surface area contributed by atoms with Gasteiger partial charge < -0.3 is 9.64 Å². The zero-order valence-electron chi connectivity index (χ0n) is 12.8. The Kier molecular flexibility index (Phi) is 4.17. The van der Waals surface area contributed by atoms with Gasteiger partial charge in [0.05, 0.1) is 0 Å². The highest BCUT2D eigenvalue weighted by molar-refractivity contribution is 6.32. The van der Waals surface area contributed by atoms with Crippen LogP contribution in [-0.2, 0) is 9.53 Å². The molecular weight excluding hydrogens is 312 g/mol. The van der Waals surface area contributed by atoms with Crippen molar-refractivity contribution in [3.63, 3.8) is 0 Å². The van der Waals surface area contributed by atoms with Gasteiger partial charge in [-0.05, 0) is 35.9 Å². The summed E-state index contributed by atoms with van der Waals surface area (Å²) < 4.78 is 5.23. The minimum Gasteiger partial charge on any atom is -0.402 e. The van der Waals surface area contributed by atoms with Crippen molar-refractivity contribution in [2.45, 2.75) is 0 Å². The summed E-state index contributed by atoms with van der Waals surface area (Å²) in [5, 5.41) is 0.555. The number of esters is 1. The average Bonchev–Trinajstić information content (AvgIpc) is 2.91. The smallest absolute Gasteiger partial charge is 0.363 e. The van der Waals surface area contributed by atoms with Crippen molar-refractivity contribution in [1.82, 2.24) is 0 Å². The van der Waals surface area contributed by atoms with Crippen LogP contribution < -0.4 is 4.90 Å². The second-order valence-electron chi connectivity index (χ2n) is 5.30. The quantitative estimate of drug-likeness (QED) is 0.637. The fourth-order valence-corrected chi connectivity index (χ4v) is 2.40. The van der Waals surface area contributed by atoms with Crippen molar-refractivity contribution >= 4 is 35.2 Å². The second-order valence-corrected chi connectivity index (χ2v) is 5.71. The zero-order chi connectivity index (χ0) is 16.4. The standard InChI is InChI=1S/C18H15ClN2O2/c1-21(2)14-9-8-13(15(19)11-14)10-16-18(22)23-17(20-16)12-6-4-3-5-7-12/h3-11H,1-2H3/b16-10+. The van der Waals surface area contributed by atoms with Crippen molar-refractivity contribution in [2.75, 3.05) is 19.0 Å². The highest BCUT2D eigenvalue weighted by atomic mass is 35.5. The van der Waals surface area contributed by atoms with E-state index in [2.05, 4.69) is 4.99 Å². The van der Waals surface area contributed by atoms with Crippen LogP contribution in [0.15, 0.2) is 59.2 Å². The molecule has 1 aliphatic rings. The van der Waals surface area contributed by atoms with E-state index in [9.17, 15) is 4.79 Å². The van der Waals surface area contributed by atoms with E-state index in [1.165, 1.54) is 0 Å². The third-order valence-corrected chi connectivity index (χ3v) is 3.76. The molecule has 2 aromatic rings. The van der Waals surface area contributed by atoms with E-state index >= 15 is 0 Å². The predicted octanol–water partition coefficient (Wildman–Crippen LogP) is 3.75. The zero-order valence-corrected chi connectivity index (χ0v) is 13.5. The number of benzene rings is 2. The number of anilines is 1. The molecule has 0 fully saturated rings. The van der Waals surface area contributed by atoms with Gasteiger partial charge >= 0.3 is 5.97 Å². The molecule has 4 nitrogen and oxygen atoms in total. The molecule has 0 saturated carbocycles. The van der Waals surface area contributed by atoms with Gasteiger partial charge in [-0.1, -0.05) is 35.9 Å². The Balaban J connectivity index is 1.93. The predicted molar refractivity (Wildman–Crippen MR) is 92.8 cm³/mol. The summed E-state index contributed by atoms with van der Waals surface area (Å²) in [6.45, 7) is 0. The molecular formula is C18H15ClN2O2. The molecule has 1 heterocycles. The van der Waals surface area contributed by atoms with E-state index in [1.54, 1.807) is 6.08 Å². The normalized spacial score (nSPS) is 15.5. The molecule has 0 unspecified atom stereocenters. The first-order chi connectivity index (χ1) is 11.0. The number of rotatable bonds is 3. The number of carbonyl (C=O) groups excluding carboxylic acids is 1. The third-order valence-electron chi connectivity index (χ3n) is 3.43. The lowest BCUT2D eigenvalue weighted by molar-refractivity contribution is -0.129. The summed E-state index contributed by atoms with van der Waals surface area (Å²) in [5.74, 6) is -0.167. The average molecular weight is 327 g/mol. The second kappa shape index (κ2) is 6.26. The molecule has 0 amide bonds. The summed E-state index contributed by atoms with van der Waals surface area (Å²) >= 11 is 6.28. The molecule has 3 rings (SSSR count). The van der Waals surface area contributed by atoms with Gasteiger partial charge in [0.2, 0.25) is 5.90 Å². The molecule has 23 heavy (non-hydrogen) atoms. The van der Waals surface area contributed by atoms with E-state index in [4.69, 9.17) is 16.3 Å². The van der Waals surface area contributed by atoms with Crippen molar-refractivity contribution < 1.29 is 9.53 Å². The Hall–Kier alpha value is -2.59. The van der Waals surface area contributed by atoms with Crippen LogP contribution in [0, 0.1) is 0 Å². The minimum atomic E-state index is -0.475. The van der Waals surface area contributed by atoms with Gasteiger partial charge in [0, 0.05) is 30.4 Å². The van der Waals surface area contributed by atoms with Crippen LogP contribution >= 0.6 is 11.6 Å². The van der Waals surface area contributed by atoms with Gasteiger partial charge in [-0.25, -0.2) is 9.79 Å². The van der Waals surface area contributed by atoms with Crippen LogP contribution in [-0.4, -0.2) is 26.0 Å². The number of aliphatic imine (C=N–C) groups is 1. The highest BCUT2D eigenvalue weighted by Gasteiger charge is 2.24. The molecule has 0 spiro atoms. The molecule has 0 N–H and O–H groups in total. The Morgan fingerprint density at radius 1 is 1.13 bits per heavy atom. The summed E-state index contributed by atoms with van der Waals surface area (Å²) in [6.07, 6.45) is 1.64. The van der Waals surface area contributed by atoms with Crippen LogP contribution in [0.2, 0.25) is 5.02 Å². The topological polar surface area (TPSA) is 41.9 Å². The lowest BCUT2D eigenvalue weighted by atomic mass is 10.1. The number of hydrogen-bond acceptors (Lipinski definition) is 4. The van der Waals surface area contributed by atoms with Crippen molar-refractivity contribution in [3.05, 3.63) is 70.4 Å². The SMILES string of the molecule is CN(C)c1ccc(/C=C2/N=C(c3ccccc3)OC2=O)c(Cl)c1. The van der Waals surface area contributed by atoms with E-state index < -0.39 is 5.97 Å². The number of hydrogen-bond donors (Lipinski definition) is 0. The fraction of sp³-hybridized carbons (Fsp3) is 0.111. The molecule has 0 saturated heterocycles. The summed E-state index contributed by atoms with van der Waals surface area (Å²) in [6, 6.07) is 14.9. The first-order valence-corrected chi connectivity index (χ1v) is 7.47. The summed E-state index contributed by atoms with van der Waals surface area (Å²) in [7, 11) is 3.88. The number of ether oxygens (including phenoxy) is 1. The maximum absolute atomic E-state index is 12.0. The van der Waals surface area contributed by atoms with Gasteiger partial charge in [-0.15, -0.1) is 0 Å². The first kappa shape index (κ1) is 15.3. The van der Waals surface area contributed by atoms with Crippen LogP contribution in [0.4, 0.5) is 5.69 Å². The molecule has 0 aliphatic carbocycles. The largest absolute Gasteiger partial charge is 0.402 e. The fourth-order valence-electron chi connectivity index (χ4n) is 2.17. The number of halogens is 1. The number of carbonyl (C=O) groups is 1. The molecule has 0 bridgehead atoms. The van der Waals surface area contributed by atoms with Gasteiger partial charge in [0.25, 0.3) is 0 Å². The Morgan fingerprint density at radius 2 is 1.87 bits per heavy atom. The molecule has 0 aromatic heterocycles. The van der Waals surface area contributed by atoms with Crippen molar-refractivity contribution in [2.24, 2.45) is 4.99 Å². The van der Waals surface area contributed by atoms with Gasteiger partial charge in [0.15, 0.2) is 5.70 Å². The Labute approximate surface area is 139 Å². The van der Waals surface area contributed by atoms with Gasteiger partial charge in [-0.2, -0.15) is 0 Å². The number of nitrogens with zero attached hydrogens (tertiary/aromatic N) is 2. The maximum Gasteiger partial charge on any atom is 0.363 e. The van der Waals surface area contributed by atoms with E-state index in [0.717, 1.165) is 16.8 Å². The lowest BCUT2D eigenvalue weighted by Gasteiger charge is -2.13. The number of cyclic esters (lactones) is 1. The maximum atomic E-state index is 12.0. The summed E-state index contributed by atoms with van der Waals surface area (Å²) in [5.41, 5.74) is 2.71. The lowest BCUT2D eigenvalue weighted by Crippen LogP contribution is -2.08. The Morgan fingerprint density at radius 3 is 2.52 bits per heavy atom. The molecule has 116 valence electrons. The van der Waals surface area contributed by atoms with Crippen LogP contribution in [0.1, 0.15) is 11.1 Å². The van der Waals surface area contributed by atoms with Crippen LogP contribution in [0.3, 0.4) is 0 Å². The molecule has 2 aromatic carbocycles. The molecule has 0 radical (unpaired) electrons. The Bertz CT molecular complexity index is 811. The molecule has 5 heteroatoms. The molecule has 1 aliphatic heterocycles. The van der Waals surface area contributed by atoms with Crippen molar-refractivity contribution in [1.29, 1.82) is 0 Å². The van der Waals surface area contributed by atoms with Gasteiger partial charge in [0.1, 0.15) is 0 Å². The van der Waals surface area contributed by atoms with E-state index in [0.29, 0.717) is 10.9 Å². The summed E-state index contributed by atoms with van der Waals surface area (Å²) in [4.78, 5) is 18.2. The van der Waals surface area contributed by atoms with Crippen LogP contribution in [0.25, 0.3) is 6.08 Å². The van der Waals surface area contributed by atoms with Crippen molar-refractivity contribution in [3.8, 4) is 0 Å². The molecule has 0 atom stereocenters. The monoisotopic (exact) mass is 326 g/mol. The third kappa shape index (κ3) is 3.27. The van der Waals surface area contributed by atoms with Gasteiger partial charge in [-0.3, -0.25) is 0 Å².